The summed E-state index contributed by atoms with van der Waals surface area (Å²) in [6.07, 6.45) is 35.7. The first-order valence-electron chi connectivity index (χ1n) is 32.9. The third kappa shape index (κ3) is 16.5. The van der Waals surface area contributed by atoms with Gasteiger partial charge in [0.15, 0.2) is 0 Å². The summed E-state index contributed by atoms with van der Waals surface area (Å²) in [6, 6.07) is 0.983. The Morgan fingerprint density at radius 3 is 1.60 bits per heavy atom. The minimum absolute atomic E-state index is 0. The molecule has 0 amide bonds. The summed E-state index contributed by atoms with van der Waals surface area (Å²) in [5.74, 6) is 10.7. The molecule has 0 bridgehead atoms. The van der Waals surface area contributed by atoms with E-state index in [4.69, 9.17) is 20.9 Å². The summed E-state index contributed by atoms with van der Waals surface area (Å²) in [5, 5.41) is 24.0. The minimum atomic E-state index is -0.477. The van der Waals surface area contributed by atoms with Crippen LogP contribution in [0.2, 0.25) is 0 Å². The van der Waals surface area contributed by atoms with Gasteiger partial charge in [-0.2, -0.15) is 0 Å². The van der Waals surface area contributed by atoms with Gasteiger partial charge in [0.2, 0.25) is 0 Å². The second kappa shape index (κ2) is 32.3. The zero-order valence-electron chi connectivity index (χ0n) is 52.4. The molecule has 453 valence electrons. The van der Waals surface area contributed by atoms with E-state index in [1.54, 1.807) is 11.1 Å². The van der Waals surface area contributed by atoms with Crippen LogP contribution in [0.3, 0.4) is 0 Å². The van der Waals surface area contributed by atoms with Crippen molar-refractivity contribution < 1.29 is 38.2 Å². The second-order valence-corrected chi connectivity index (χ2v) is 29.3. The molecule has 6 fully saturated rings. The number of fused-ring (bicyclic) bond motifs is 10. The van der Waals surface area contributed by atoms with Crippen LogP contribution in [0.5, 0.6) is 0 Å². The molecule has 10 heteroatoms. The van der Waals surface area contributed by atoms with E-state index in [0.29, 0.717) is 79.7 Å². The van der Waals surface area contributed by atoms with Gasteiger partial charge in [0.25, 0.3) is 0 Å². The van der Waals surface area contributed by atoms with Crippen molar-refractivity contribution >= 4 is 22.6 Å². The molecule has 8 nitrogen and oxygen atoms in total. The number of hydrogen-bond acceptors (Lipinski definition) is 8. The summed E-state index contributed by atoms with van der Waals surface area (Å²) >= 11 is 1.90. The molecule has 8 aliphatic carbocycles. The predicted molar refractivity (Wildman–Crippen MR) is 335 cm³/mol. The number of rotatable bonds is 26. The van der Waals surface area contributed by atoms with Gasteiger partial charge in [-0.05, 0) is 202 Å². The van der Waals surface area contributed by atoms with E-state index in [1.807, 2.05) is 22.6 Å². The van der Waals surface area contributed by atoms with E-state index in [9.17, 15) is 10.2 Å². The first-order valence-corrected chi connectivity index (χ1v) is 34.4. The number of halogens is 1. The fraction of sp³-hybridized carbons (Fsp3) is 0.926. The summed E-state index contributed by atoms with van der Waals surface area (Å²) in [4.78, 5) is 5.70. The van der Waals surface area contributed by atoms with Crippen LogP contribution in [0.4, 0.5) is 0 Å². The van der Waals surface area contributed by atoms with E-state index in [1.165, 1.54) is 135 Å². The molecular formula is C68H124IN4O4V-. The molecule has 7 N–H and O–H groups in total. The molecule has 0 aromatic rings. The van der Waals surface area contributed by atoms with Crippen LogP contribution in [-0.4, -0.2) is 98.6 Å². The Labute approximate surface area is 507 Å². The predicted octanol–water partition coefficient (Wildman–Crippen LogP) is 15.0. The Balaban J connectivity index is 0.000000282. The van der Waals surface area contributed by atoms with Crippen molar-refractivity contribution in [1.82, 2.24) is 10.2 Å². The van der Waals surface area contributed by atoms with Crippen molar-refractivity contribution in [2.24, 2.45) is 104 Å². The maximum Gasteiger partial charge on any atom is 0.0789 e. The quantitative estimate of drug-likeness (QED) is 0.0251. The van der Waals surface area contributed by atoms with Crippen molar-refractivity contribution in [3.63, 3.8) is 0 Å². The summed E-state index contributed by atoms with van der Waals surface area (Å²) in [7, 11) is 0. The van der Waals surface area contributed by atoms with Crippen LogP contribution in [0.1, 0.15) is 224 Å². The number of ether oxygens (including phenoxy) is 2. The molecule has 1 radical (unpaired) electrons. The fourth-order valence-electron chi connectivity index (χ4n) is 19.6. The fourth-order valence-corrected chi connectivity index (χ4v) is 19.6. The maximum atomic E-state index is 10.5. The number of hydrogen-bond donors (Lipinski definition) is 5. The van der Waals surface area contributed by atoms with Crippen molar-refractivity contribution in [2.75, 3.05) is 59.2 Å². The third-order valence-electron chi connectivity index (χ3n) is 24.0. The van der Waals surface area contributed by atoms with Gasteiger partial charge in [-0.15, -0.1) is 0 Å². The SMILES string of the molecule is CC(C)CCCC(C)C1CCC2C3CC=C4CC(NCC(O)CN)CCC4(C)C3CCC12C.CCCOCCOCCN(CC(O)CN)C1CCC2(C)C(=CCC3C2CCC2(C)C(C(C)CCCC(C)C)CCC32)C1.[CH2-]I.[V]. The van der Waals surface area contributed by atoms with Crippen LogP contribution >= 0.6 is 22.6 Å². The molecule has 18 unspecified atom stereocenters. The zero-order valence-corrected chi connectivity index (χ0v) is 55.9. The molecule has 0 aromatic heterocycles. The molecule has 18 atom stereocenters. The van der Waals surface area contributed by atoms with Crippen LogP contribution in [0.15, 0.2) is 23.3 Å². The molecule has 0 spiro atoms. The van der Waals surface area contributed by atoms with Gasteiger partial charge in [0, 0.05) is 70.0 Å². The van der Waals surface area contributed by atoms with Crippen LogP contribution in [0.25, 0.3) is 0 Å². The van der Waals surface area contributed by atoms with Gasteiger partial charge in [0.05, 0.1) is 32.0 Å². The van der Waals surface area contributed by atoms with E-state index in [0.717, 1.165) is 97.0 Å². The first kappa shape index (κ1) is 69.2. The Kier molecular flexibility index (Phi) is 28.7. The van der Waals surface area contributed by atoms with E-state index in [2.05, 4.69) is 103 Å². The van der Waals surface area contributed by atoms with E-state index >= 15 is 0 Å². The van der Waals surface area contributed by atoms with Gasteiger partial charge in [0.1, 0.15) is 0 Å². The number of nitrogens with two attached hydrogens (primary N) is 2. The van der Waals surface area contributed by atoms with Crippen LogP contribution in [-0.2, 0) is 28.0 Å². The number of allylic oxidation sites excluding steroid dienone is 2. The molecule has 0 aromatic carbocycles. The van der Waals surface area contributed by atoms with Gasteiger partial charge < -0.3 is 59.1 Å². The molecule has 0 saturated heterocycles. The smallest absolute Gasteiger partial charge is 0.0789 e. The Morgan fingerprint density at radius 2 is 1.12 bits per heavy atom. The van der Waals surface area contributed by atoms with Crippen molar-refractivity contribution in [1.29, 1.82) is 0 Å². The molecule has 8 aliphatic rings. The number of aliphatic hydroxyl groups excluding tert-OH is 2. The van der Waals surface area contributed by atoms with Crippen LogP contribution in [0, 0.1) is 97.6 Å². The Morgan fingerprint density at radius 1 is 0.628 bits per heavy atom. The molecule has 78 heavy (non-hydrogen) atoms. The van der Waals surface area contributed by atoms with Gasteiger partial charge in [-0.25, -0.2) is 0 Å². The summed E-state index contributed by atoms with van der Waals surface area (Å²) < 4.78 is 11.5. The molecule has 0 aliphatic heterocycles. The molecule has 6 saturated carbocycles. The van der Waals surface area contributed by atoms with Gasteiger partial charge in [-0.3, -0.25) is 9.83 Å². The van der Waals surface area contributed by atoms with E-state index in [-0.39, 0.29) is 18.6 Å². The monoisotopic (exact) mass is 1240 g/mol. The largest absolute Gasteiger partial charge is 0.390 e. The van der Waals surface area contributed by atoms with E-state index < -0.39 is 12.2 Å². The summed E-state index contributed by atoms with van der Waals surface area (Å²) in [6.45, 7) is 33.0. The second-order valence-electron chi connectivity index (χ2n) is 29.3. The number of nitrogens with zero attached hydrogens (tertiary/aromatic N) is 1. The topological polar surface area (TPSA) is 126 Å². The zero-order chi connectivity index (χ0) is 56.1. The average Bonchev–Trinajstić information content (AvgIpc) is 4.08. The summed E-state index contributed by atoms with van der Waals surface area (Å²) in [5.41, 5.74) is 16.8. The molecule has 0 heterocycles. The minimum Gasteiger partial charge on any atom is -0.390 e. The number of aliphatic hydroxyl groups is 2. The average molecular weight is 1240 g/mol. The van der Waals surface area contributed by atoms with Crippen molar-refractivity contribution in [3.05, 3.63) is 28.2 Å². The maximum absolute atomic E-state index is 10.5. The third-order valence-corrected chi connectivity index (χ3v) is 24.0. The standard InChI is InChI=1S/C37H68N2O3.C30H54N2O.CH2I.V/c1-7-20-41-22-23-42-21-19-39(26-31(40)25-38)30-15-17-36(5)29(24-30)11-12-32-34-14-13-33(28(4)10-8-9-27(2)3)37(34,6)18-16-35(32)36;1-20(2)7-6-8-21(3)26-11-12-27-25-10-9-22-17-23(32-19-24(33)18-31)13-15-29(22,4)28(25)14-16-30(26,27)5;1-2;/h11,27-28,30-35,40H,7-10,12-26,38H2,1-6H3;9,20-21,23-28,32-33H,6-8,10-19,31H2,1-5H3;1H2;/q;;-1;. The van der Waals surface area contributed by atoms with Crippen molar-refractivity contribution in [2.45, 2.75) is 248 Å². The van der Waals surface area contributed by atoms with Crippen LogP contribution < -0.4 is 16.8 Å². The Bertz CT molecular complexity index is 1800. The first-order chi connectivity index (χ1) is 36.8. The van der Waals surface area contributed by atoms with Gasteiger partial charge in [-0.1, -0.05) is 138 Å². The van der Waals surface area contributed by atoms with Crippen molar-refractivity contribution in [3.8, 4) is 0 Å². The number of nitrogens with one attached hydrogen (secondary N) is 1. The Hall–Kier alpha value is 0.474. The molecular weight excluding hydrogens is 1110 g/mol. The normalized spacial score (nSPS) is 37.3. The van der Waals surface area contributed by atoms with Gasteiger partial charge >= 0.3 is 0 Å². The molecule has 8 rings (SSSR count).